The first-order valence-electron chi connectivity index (χ1n) is 15.3. The molecule has 4 aromatic rings. The van der Waals surface area contributed by atoms with Crippen molar-refractivity contribution in [3.63, 3.8) is 0 Å². The molecule has 6 N–H and O–H groups in total. The summed E-state index contributed by atoms with van der Waals surface area (Å²) in [6.07, 6.45) is 5.57. The summed E-state index contributed by atoms with van der Waals surface area (Å²) < 4.78 is 0. The van der Waals surface area contributed by atoms with Crippen molar-refractivity contribution in [2.45, 2.75) is 67.3 Å². The molecule has 1 saturated carbocycles. The Bertz CT molecular complexity index is 1240. The van der Waals surface area contributed by atoms with Crippen LogP contribution in [0.3, 0.4) is 0 Å². The van der Waals surface area contributed by atoms with E-state index < -0.39 is 0 Å². The summed E-state index contributed by atoms with van der Waals surface area (Å²) >= 11 is 0. The zero-order valence-corrected chi connectivity index (χ0v) is 26.9. The fourth-order valence-corrected chi connectivity index (χ4v) is 4.29. The second-order valence-corrected chi connectivity index (χ2v) is 9.97. The number of H-pyrrole nitrogens is 2. The van der Waals surface area contributed by atoms with E-state index in [1.165, 1.54) is 53.7 Å². The third-order valence-electron chi connectivity index (χ3n) is 6.87. The van der Waals surface area contributed by atoms with E-state index >= 15 is 0 Å². The number of nitrogens with one attached hydrogen (secondary N) is 4. The van der Waals surface area contributed by atoms with Gasteiger partial charge in [0.15, 0.2) is 0 Å². The molecular weight excluding hydrogens is 508 g/mol. The Morgan fingerprint density at radius 3 is 2.27 bits per heavy atom. The highest BCUT2D eigenvalue weighted by atomic mass is 16.1. The first-order chi connectivity index (χ1) is 19.9. The Kier molecular flexibility index (Phi) is 18.3. The van der Waals surface area contributed by atoms with Crippen LogP contribution in [-0.4, -0.2) is 73.5 Å². The summed E-state index contributed by atoms with van der Waals surface area (Å²) in [5.74, 6) is 0. The maximum Gasteiger partial charge on any atom is 0.150 e. The van der Waals surface area contributed by atoms with Crippen LogP contribution in [0.1, 0.15) is 67.7 Å². The fourth-order valence-electron chi connectivity index (χ4n) is 4.29. The van der Waals surface area contributed by atoms with Crippen LogP contribution in [0.15, 0.2) is 48.7 Å². The van der Waals surface area contributed by atoms with Gasteiger partial charge in [0.1, 0.15) is 6.29 Å². The molecule has 7 heteroatoms. The topological polar surface area (TPSA) is 102 Å². The molecule has 2 aromatic carbocycles. The van der Waals surface area contributed by atoms with Crippen LogP contribution in [-0.2, 0) is 0 Å². The number of benzene rings is 2. The maximum atomic E-state index is 10.4. The van der Waals surface area contributed by atoms with Gasteiger partial charge in [-0.1, -0.05) is 39.3 Å². The van der Waals surface area contributed by atoms with E-state index in [1.807, 2.05) is 45.3 Å². The number of hydrogen-bond donors (Lipinski definition) is 5. The Morgan fingerprint density at radius 1 is 1.00 bits per heavy atom. The minimum atomic E-state index is 0.720. The average Bonchev–Trinajstić information content (AvgIpc) is 3.67. The van der Waals surface area contributed by atoms with Crippen molar-refractivity contribution in [3.8, 4) is 0 Å². The van der Waals surface area contributed by atoms with Gasteiger partial charge < -0.3 is 26.3 Å². The molecule has 1 aliphatic rings. The number of fused-ring (bicyclic) bond motifs is 2. The summed E-state index contributed by atoms with van der Waals surface area (Å²) in [5.41, 5.74) is 12.1. The van der Waals surface area contributed by atoms with Gasteiger partial charge in [-0.05, 0) is 95.7 Å². The van der Waals surface area contributed by atoms with Crippen LogP contribution in [0.5, 0.6) is 0 Å². The Hall–Kier alpha value is -2.97. The van der Waals surface area contributed by atoms with Gasteiger partial charge in [0.2, 0.25) is 0 Å². The Balaban J connectivity index is 0.000000275. The number of aromatic amines is 2. The van der Waals surface area contributed by atoms with Crippen molar-refractivity contribution < 1.29 is 4.79 Å². The van der Waals surface area contributed by atoms with Gasteiger partial charge in [0.25, 0.3) is 0 Å². The lowest BCUT2D eigenvalue weighted by molar-refractivity contribution is 0.112. The second kappa shape index (κ2) is 20.8. The highest BCUT2D eigenvalue weighted by Crippen LogP contribution is 2.25. The summed E-state index contributed by atoms with van der Waals surface area (Å²) in [6.45, 7) is 21.0. The van der Waals surface area contributed by atoms with Gasteiger partial charge in [-0.25, -0.2) is 0 Å². The lowest BCUT2D eigenvalue weighted by Gasteiger charge is -2.18. The Morgan fingerprint density at radius 2 is 1.71 bits per heavy atom. The number of nitrogens with two attached hydrogens (primary N) is 1. The molecule has 0 spiro atoms. The standard InChI is InChI=1S/C11H13N.C9H7NO.C8H18N2.C4H12N2.C2H6/c1-7-4-5-11-10(6-7)8(2)9(3)12-11;11-6-7-1-2-9-8(5-7)3-4-10-9;1-3-10(7-6-9-2)8-4-5-8;1-2-6-4-3-5;1-2/h4-6,12H,1-3H3;1-6,10H;8-9H,3-7H2,1-2H3;6H,2-5H2,1H3;1-2H3. The number of aromatic nitrogens is 2. The Labute approximate surface area is 248 Å². The first-order valence-corrected chi connectivity index (χ1v) is 15.3. The summed E-state index contributed by atoms with van der Waals surface area (Å²) in [4.78, 5) is 19.3. The smallest absolute Gasteiger partial charge is 0.150 e. The maximum absolute atomic E-state index is 10.4. The quantitative estimate of drug-likeness (QED) is 0.121. The summed E-state index contributed by atoms with van der Waals surface area (Å²) in [6, 6.07) is 14.9. The van der Waals surface area contributed by atoms with E-state index in [2.05, 4.69) is 78.3 Å². The largest absolute Gasteiger partial charge is 0.361 e. The molecule has 1 aliphatic carbocycles. The first kappa shape index (κ1) is 36.1. The third-order valence-corrected chi connectivity index (χ3v) is 6.87. The van der Waals surface area contributed by atoms with Gasteiger partial charge in [-0.2, -0.15) is 0 Å². The van der Waals surface area contributed by atoms with Crippen molar-refractivity contribution in [1.82, 2.24) is 25.5 Å². The number of carbonyl (C=O) groups is 1. The second-order valence-electron chi connectivity index (χ2n) is 9.97. The molecule has 228 valence electrons. The van der Waals surface area contributed by atoms with Crippen molar-refractivity contribution in [2.24, 2.45) is 5.73 Å². The van der Waals surface area contributed by atoms with Crippen molar-refractivity contribution in [2.75, 3.05) is 46.3 Å². The van der Waals surface area contributed by atoms with E-state index in [-0.39, 0.29) is 0 Å². The molecule has 1 fully saturated rings. The van der Waals surface area contributed by atoms with Gasteiger partial charge in [0, 0.05) is 71.5 Å². The zero-order valence-electron chi connectivity index (χ0n) is 26.9. The fraction of sp³-hybridized carbons (Fsp3) is 0.500. The highest BCUT2D eigenvalue weighted by Gasteiger charge is 2.26. The lowest BCUT2D eigenvalue weighted by atomic mass is 10.1. The van der Waals surface area contributed by atoms with Crippen LogP contribution in [0.4, 0.5) is 0 Å². The molecule has 41 heavy (non-hydrogen) atoms. The summed E-state index contributed by atoms with van der Waals surface area (Å²) in [7, 11) is 2.01. The summed E-state index contributed by atoms with van der Waals surface area (Å²) in [5, 5.41) is 8.68. The number of aryl methyl sites for hydroxylation is 3. The van der Waals surface area contributed by atoms with Crippen LogP contribution in [0.2, 0.25) is 0 Å². The molecule has 7 nitrogen and oxygen atoms in total. The highest BCUT2D eigenvalue weighted by molar-refractivity contribution is 5.87. The molecule has 0 aliphatic heterocycles. The molecule has 0 atom stereocenters. The number of hydrogen-bond acceptors (Lipinski definition) is 5. The van der Waals surface area contributed by atoms with Gasteiger partial charge in [-0.3, -0.25) is 9.69 Å². The van der Waals surface area contributed by atoms with E-state index in [4.69, 9.17) is 5.73 Å². The monoisotopic (exact) mass is 564 g/mol. The number of aldehydes is 1. The van der Waals surface area contributed by atoms with Crippen LogP contribution < -0.4 is 16.4 Å². The molecule has 0 unspecified atom stereocenters. The number of carbonyl (C=O) groups excluding carboxylic acids is 1. The molecule has 2 heterocycles. The van der Waals surface area contributed by atoms with Crippen molar-refractivity contribution >= 4 is 28.1 Å². The predicted octanol–water partition coefficient (Wildman–Crippen LogP) is 6.34. The number of rotatable bonds is 9. The van der Waals surface area contributed by atoms with Crippen molar-refractivity contribution in [3.05, 3.63) is 71.0 Å². The number of nitrogens with zero attached hydrogens (tertiary/aromatic N) is 1. The molecule has 0 bridgehead atoms. The van der Waals surface area contributed by atoms with E-state index in [1.54, 1.807) is 6.07 Å². The molecule has 2 aromatic heterocycles. The van der Waals surface area contributed by atoms with Gasteiger partial charge >= 0.3 is 0 Å². The van der Waals surface area contributed by atoms with E-state index in [0.29, 0.717) is 0 Å². The molecule has 0 amide bonds. The van der Waals surface area contributed by atoms with E-state index in [9.17, 15) is 4.79 Å². The SMILES string of the molecule is CC.CCN(CCNC)C1CC1.CCNCCN.Cc1ccc2[nH]c(C)c(C)c2c1.O=Cc1ccc2[nH]ccc2c1. The van der Waals surface area contributed by atoms with Crippen LogP contribution in [0.25, 0.3) is 21.8 Å². The molecule has 0 saturated heterocycles. The minimum Gasteiger partial charge on any atom is -0.361 e. The van der Waals surface area contributed by atoms with E-state index in [0.717, 1.165) is 55.0 Å². The minimum absolute atomic E-state index is 0.720. The third kappa shape index (κ3) is 13.0. The van der Waals surface area contributed by atoms with Gasteiger partial charge in [0.05, 0.1) is 0 Å². The average molecular weight is 565 g/mol. The molecule has 5 rings (SSSR count). The molecular formula is C34H56N6O. The van der Waals surface area contributed by atoms with Crippen molar-refractivity contribution in [1.29, 1.82) is 0 Å². The normalized spacial score (nSPS) is 11.9. The van der Waals surface area contributed by atoms with Crippen LogP contribution >= 0.6 is 0 Å². The molecule has 0 radical (unpaired) electrons. The zero-order chi connectivity index (χ0) is 30.6. The van der Waals surface area contributed by atoms with Gasteiger partial charge in [-0.15, -0.1) is 0 Å². The lowest BCUT2D eigenvalue weighted by Crippen LogP contribution is -2.32. The predicted molar refractivity (Wildman–Crippen MR) is 179 cm³/mol. The van der Waals surface area contributed by atoms with Crippen LogP contribution in [0, 0.1) is 20.8 Å². The number of likely N-dealkylation sites (N-methyl/N-ethyl adjacent to an activating group) is 3.